The summed E-state index contributed by atoms with van der Waals surface area (Å²) in [5.74, 6) is 0.625. The van der Waals surface area contributed by atoms with E-state index in [2.05, 4.69) is 20.7 Å². The summed E-state index contributed by atoms with van der Waals surface area (Å²) in [5, 5.41) is 0. The van der Waals surface area contributed by atoms with Crippen LogP contribution in [-0.4, -0.2) is 19.9 Å². The van der Waals surface area contributed by atoms with Gasteiger partial charge in [0.05, 0.1) is 18.2 Å². The van der Waals surface area contributed by atoms with Gasteiger partial charge in [0, 0.05) is 0 Å². The van der Waals surface area contributed by atoms with E-state index in [9.17, 15) is 13.2 Å². The van der Waals surface area contributed by atoms with E-state index in [0.29, 0.717) is 15.8 Å². The SMILES string of the molecule is COc1ccc(COCC(F)(F)F)cc1Br. The van der Waals surface area contributed by atoms with Gasteiger partial charge in [0.1, 0.15) is 12.4 Å². The molecule has 1 aromatic rings. The van der Waals surface area contributed by atoms with Crippen molar-refractivity contribution < 1.29 is 22.6 Å². The molecule has 0 saturated carbocycles. The first kappa shape index (κ1) is 13.3. The molecule has 16 heavy (non-hydrogen) atoms. The van der Waals surface area contributed by atoms with Gasteiger partial charge in [0.25, 0.3) is 0 Å². The zero-order valence-electron chi connectivity index (χ0n) is 8.47. The van der Waals surface area contributed by atoms with E-state index in [0.717, 1.165) is 0 Å². The lowest BCUT2D eigenvalue weighted by molar-refractivity contribution is -0.176. The lowest BCUT2D eigenvalue weighted by Crippen LogP contribution is -2.16. The Hall–Kier alpha value is -0.750. The van der Waals surface area contributed by atoms with E-state index < -0.39 is 12.8 Å². The summed E-state index contributed by atoms with van der Waals surface area (Å²) in [4.78, 5) is 0. The topological polar surface area (TPSA) is 18.5 Å². The molecule has 2 nitrogen and oxygen atoms in total. The predicted octanol–water partition coefficient (Wildman–Crippen LogP) is 3.54. The minimum atomic E-state index is -4.29. The Bertz CT molecular complexity index is 352. The molecule has 0 unspecified atom stereocenters. The van der Waals surface area contributed by atoms with Gasteiger partial charge < -0.3 is 9.47 Å². The number of rotatable bonds is 4. The van der Waals surface area contributed by atoms with E-state index >= 15 is 0 Å². The molecule has 1 aromatic carbocycles. The van der Waals surface area contributed by atoms with Crippen LogP contribution in [0.25, 0.3) is 0 Å². The second-order valence-corrected chi connectivity index (χ2v) is 3.93. The maximum Gasteiger partial charge on any atom is 0.411 e. The van der Waals surface area contributed by atoms with Gasteiger partial charge in [-0.05, 0) is 33.6 Å². The molecule has 0 aliphatic carbocycles. The van der Waals surface area contributed by atoms with Crippen LogP contribution >= 0.6 is 15.9 Å². The minimum Gasteiger partial charge on any atom is -0.496 e. The standard InChI is InChI=1S/C10H10BrF3O2/c1-15-9-3-2-7(4-8(9)11)5-16-6-10(12,13)14/h2-4H,5-6H2,1H3. The van der Waals surface area contributed by atoms with Crippen molar-refractivity contribution >= 4 is 15.9 Å². The number of ether oxygens (including phenoxy) is 2. The van der Waals surface area contributed by atoms with Crippen LogP contribution < -0.4 is 4.74 Å². The Morgan fingerprint density at radius 3 is 2.50 bits per heavy atom. The van der Waals surface area contributed by atoms with Crippen molar-refractivity contribution in [1.82, 2.24) is 0 Å². The van der Waals surface area contributed by atoms with Crippen molar-refractivity contribution in [3.63, 3.8) is 0 Å². The van der Waals surface area contributed by atoms with E-state index in [4.69, 9.17) is 4.74 Å². The van der Waals surface area contributed by atoms with Gasteiger partial charge in [0.15, 0.2) is 0 Å². The maximum absolute atomic E-state index is 11.8. The Balaban J connectivity index is 2.52. The number of benzene rings is 1. The summed E-state index contributed by atoms with van der Waals surface area (Å²) in [6.45, 7) is -1.32. The Labute approximate surface area is 99.5 Å². The molecular weight excluding hydrogens is 289 g/mol. The fourth-order valence-corrected chi connectivity index (χ4v) is 1.67. The smallest absolute Gasteiger partial charge is 0.411 e. The first-order chi connectivity index (χ1) is 7.42. The number of halogens is 4. The van der Waals surface area contributed by atoms with E-state index in [1.807, 2.05) is 0 Å². The molecule has 0 heterocycles. The minimum absolute atomic E-state index is 0.0812. The molecule has 0 aliphatic rings. The van der Waals surface area contributed by atoms with Gasteiger partial charge in [-0.15, -0.1) is 0 Å². The van der Waals surface area contributed by atoms with Crippen LogP contribution in [0.4, 0.5) is 13.2 Å². The van der Waals surface area contributed by atoms with Crippen LogP contribution in [-0.2, 0) is 11.3 Å². The summed E-state index contributed by atoms with van der Waals surface area (Å²) < 4.78 is 45.6. The molecule has 1 rings (SSSR count). The third-order valence-electron chi connectivity index (χ3n) is 1.75. The molecule has 0 bridgehead atoms. The third kappa shape index (κ3) is 4.40. The fraction of sp³-hybridized carbons (Fsp3) is 0.400. The van der Waals surface area contributed by atoms with Gasteiger partial charge in [-0.25, -0.2) is 0 Å². The molecular formula is C10H10BrF3O2. The molecule has 6 heteroatoms. The first-order valence-corrected chi connectivity index (χ1v) is 5.18. The summed E-state index contributed by atoms with van der Waals surface area (Å²) in [6, 6.07) is 4.98. The summed E-state index contributed by atoms with van der Waals surface area (Å²) in [6.07, 6.45) is -4.29. The Kier molecular flexibility index (Phi) is 4.61. The maximum atomic E-state index is 11.8. The van der Waals surface area contributed by atoms with Gasteiger partial charge in [-0.1, -0.05) is 6.07 Å². The third-order valence-corrected chi connectivity index (χ3v) is 2.37. The van der Waals surface area contributed by atoms with Crippen LogP contribution in [0.3, 0.4) is 0 Å². The van der Waals surface area contributed by atoms with Gasteiger partial charge in [-0.2, -0.15) is 13.2 Å². The lowest BCUT2D eigenvalue weighted by Gasteiger charge is -2.09. The largest absolute Gasteiger partial charge is 0.496 e. The average molecular weight is 299 g/mol. The fourth-order valence-electron chi connectivity index (χ4n) is 1.08. The van der Waals surface area contributed by atoms with Crippen LogP contribution in [0, 0.1) is 0 Å². The highest BCUT2D eigenvalue weighted by atomic mass is 79.9. The lowest BCUT2D eigenvalue weighted by atomic mass is 10.2. The molecule has 0 fully saturated rings. The van der Waals surface area contributed by atoms with Crippen molar-refractivity contribution in [1.29, 1.82) is 0 Å². The van der Waals surface area contributed by atoms with Crippen LogP contribution in [0.1, 0.15) is 5.56 Å². The highest BCUT2D eigenvalue weighted by molar-refractivity contribution is 9.10. The first-order valence-electron chi connectivity index (χ1n) is 4.39. The molecule has 0 saturated heterocycles. The van der Waals surface area contributed by atoms with E-state index in [1.165, 1.54) is 7.11 Å². The van der Waals surface area contributed by atoms with Crippen molar-refractivity contribution in [2.24, 2.45) is 0 Å². The summed E-state index contributed by atoms with van der Waals surface area (Å²) in [7, 11) is 1.51. The zero-order valence-corrected chi connectivity index (χ0v) is 10.1. The number of hydrogen-bond donors (Lipinski definition) is 0. The quantitative estimate of drug-likeness (QED) is 0.846. The monoisotopic (exact) mass is 298 g/mol. The van der Waals surface area contributed by atoms with Crippen molar-refractivity contribution in [2.45, 2.75) is 12.8 Å². The van der Waals surface area contributed by atoms with Gasteiger partial charge in [-0.3, -0.25) is 0 Å². The summed E-state index contributed by atoms with van der Waals surface area (Å²) >= 11 is 3.24. The van der Waals surface area contributed by atoms with Gasteiger partial charge in [0.2, 0.25) is 0 Å². The van der Waals surface area contributed by atoms with Crippen LogP contribution in [0.15, 0.2) is 22.7 Å². The summed E-state index contributed by atoms with van der Waals surface area (Å²) in [5.41, 5.74) is 0.650. The molecule has 0 amide bonds. The van der Waals surface area contributed by atoms with Crippen molar-refractivity contribution in [3.8, 4) is 5.75 Å². The Morgan fingerprint density at radius 1 is 1.31 bits per heavy atom. The van der Waals surface area contributed by atoms with E-state index in [-0.39, 0.29) is 6.61 Å². The Morgan fingerprint density at radius 2 is 2.00 bits per heavy atom. The molecule has 90 valence electrons. The normalized spacial score (nSPS) is 11.6. The number of alkyl halides is 3. The molecule has 0 radical (unpaired) electrons. The number of hydrogen-bond acceptors (Lipinski definition) is 2. The molecule has 0 aliphatic heterocycles. The van der Waals surface area contributed by atoms with E-state index in [1.54, 1.807) is 18.2 Å². The molecule has 0 N–H and O–H groups in total. The van der Waals surface area contributed by atoms with Crippen LogP contribution in [0.2, 0.25) is 0 Å². The number of methoxy groups -OCH3 is 1. The average Bonchev–Trinajstić information content (AvgIpc) is 2.16. The van der Waals surface area contributed by atoms with Gasteiger partial charge >= 0.3 is 6.18 Å². The molecule has 0 aromatic heterocycles. The van der Waals surface area contributed by atoms with Crippen LogP contribution in [0.5, 0.6) is 5.75 Å². The van der Waals surface area contributed by atoms with Crippen molar-refractivity contribution in [2.75, 3.05) is 13.7 Å². The highest BCUT2D eigenvalue weighted by Crippen LogP contribution is 2.26. The predicted molar refractivity (Wildman–Crippen MR) is 56.4 cm³/mol. The van der Waals surface area contributed by atoms with Crippen molar-refractivity contribution in [3.05, 3.63) is 28.2 Å². The highest BCUT2D eigenvalue weighted by Gasteiger charge is 2.27. The molecule has 0 spiro atoms. The second kappa shape index (κ2) is 5.54. The zero-order chi connectivity index (χ0) is 12.2. The molecule has 0 atom stereocenters. The second-order valence-electron chi connectivity index (χ2n) is 3.08.